The number of amidine groups is 1. The van der Waals surface area contributed by atoms with Gasteiger partial charge in [0.2, 0.25) is 0 Å². The lowest BCUT2D eigenvalue weighted by molar-refractivity contribution is -0.545. The molecule has 2 N–H and O–H groups in total. The minimum absolute atomic E-state index is 0.928. The van der Waals surface area contributed by atoms with Gasteiger partial charge in [-0.1, -0.05) is 96.1 Å². The molecule has 4 aromatic carbocycles. The first-order valence-electron chi connectivity index (χ1n) is 10.3. The van der Waals surface area contributed by atoms with Crippen LogP contribution in [0.1, 0.15) is 16.7 Å². The summed E-state index contributed by atoms with van der Waals surface area (Å²) in [6, 6.07) is 39.3. The Morgan fingerprint density at radius 3 is 1.74 bits per heavy atom. The summed E-state index contributed by atoms with van der Waals surface area (Å²) in [6.45, 7) is 0. The first kappa shape index (κ1) is 18.9. The number of rotatable bonds is 5. The molecule has 4 aromatic rings. The fourth-order valence-electron chi connectivity index (χ4n) is 3.51. The molecular formula is C27H23N4+. The number of benzene rings is 4. The van der Waals surface area contributed by atoms with Crippen LogP contribution in [0.2, 0.25) is 0 Å². The van der Waals surface area contributed by atoms with Gasteiger partial charge >= 0.3 is 0 Å². The summed E-state index contributed by atoms with van der Waals surface area (Å²) >= 11 is 0. The smallest absolute Gasteiger partial charge is 0.172 e. The zero-order chi connectivity index (χ0) is 20.9. The number of anilines is 2. The number of nitrogens with two attached hydrogens (primary N) is 1. The second kappa shape index (κ2) is 8.69. The topological polar surface area (TPSA) is 35.5 Å². The number of quaternary nitrogens is 1. The van der Waals surface area contributed by atoms with Crippen molar-refractivity contribution in [2.45, 2.75) is 0 Å². The molecule has 5 rings (SSSR count). The molecule has 0 saturated carbocycles. The lowest BCUT2D eigenvalue weighted by atomic mass is 10.1. The van der Waals surface area contributed by atoms with Crippen molar-refractivity contribution >= 4 is 29.4 Å². The first-order chi connectivity index (χ1) is 15.4. The summed E-state index contributed by atoms with van der Waals surface area (Å²) in [7, 11) is 0. The van der Waals surface area contributed by atoms with Crippen LogP contribution in [0.5, 0.6) is 0 Å². The molecule has 4 heteroatoms. The van der Waals surface area contributed by atoms with E-state index in [-0.39, 0.29) is 0 Å². The van der Waals surface area contributed by atoms with Gasteiger partial charge in [0.15, 0.2) is 0 Å². The molecule has 1 aliphatic rings. The molecule has 1 heterocycles. The Morgan fingerprint density at radius 2 is 1.10 bits per heavy atom. The maximum atomic E-state index is 4.91. The van der Waals surface area contributed by atoms with Gasteiger partial charge in [-0.25, -0.2) is 0 Å². The van der Waals surface area contributed by atoms with E-state index in [1.165, 1.54) is 5.56 Å². The molecule has 0 spiro atoms. The predicted octanol–water partition coefficient (Wildman–Crippen LogP) is 4.94. The summed E-state index contributed by atoms with van der Waals surface area (Å²) in [5.41, 5.74) is 7.57. The fraction of sp³-hybridized carbons (Fsp3) is 0. The molecule has 0 bridgehead atoms. The Labute approximate surface area is 182 Å². The number of hydrogen-bond donors (Lipinski definition) is 1. The van der Waals surface area contributed by atoms with Crippen LogP contribution in [0.4, 0.5) is 11.4 Å². The summed E-state index contributed by atoms with van der Waals surface area (Å²) in [5.74, 6) is 0.928. The van der Waals surface area contributed by atoms with E-state index in [2.05, 4.69) is 83.4 Å². The van der Waals surface area contributed by atoms with Crippen molar-refractivity contribution in [3.63, 3.8) is 0 Å². The van der Waals surface area contributed by atoms with Crippen LogP contribution < -0.4 is 15.7 Å². The van der Waals surface area contributed by atoms with Gasteiger partial charge in [-0.15, -0.1) is 10.2 Å². The lowest BCUT2D eigenvalue weighted by Crippen LogP contribution is -2.96. The fourth-order valence-corrected chi connectivity index (χ4v) is 3.51. The Bertz CT molecular complexity index is 1180. The monoisotopic (exact) mass is 403 g/mol. The van der Waals surface area contributed by atoms with E-state index < -0.39 is 0 Å². The second-order valence-corrected chi connectivity index (χ2v) is 7.29. The highest BCUT2D eigenvalue weighted by atomic mass is 15.9. The van der Waals surface area contributed by atoms with Crippen molar-refractivity contribution in [2.24, 2.45) is 5.10 Å². The number of hydrazone groups is 1. The molecular weight excluding hydrogens is 380 g/mol. The van der Waals surface area contributed by atoms with E-state index in [4.69, 9.17) is 5.10 Å². The Kier molecular flexibility index (Phi) is 5.29. The van der Waals surface area contributed by atoms with E-state index in [0.717, 1.165) is 28.3 Å². The van der Waals surface area contributed by atoms with Crippen molar-refractivity contribution in [1.82, 2.24) is 0 Å². The van der Waals surface area contributed by atoms with Gasteiger partial charge in [-0.3, -0.25) is 0 Å². The van der Waals surface area contributed by atoms with E-state index in [0.29, 0.717) is 0 Å². The molecule has 0 radical (unpaired) electrons. The molecule has 0 saturated heterocycles. The second-order valence-electron chi connectivity index (χ2n) is 7.29. The van der Waals surface area contributed by atoms with E-state index in [9.17, 15) is 0 Å². The van der Waals surface area contributed by atoms with Crippen molar-refractivity contribution in [3.8, 4) is 0 Å². The van der Waals surface area contributed by atoms with Gasteiger partial charge in [-0.05, 0) is 47.5 Å². The van der Waals surface area contributed by atoms with Gasteiger partial charge in [0, 0.05) is 0 Å². The zero-order valence-corrected chi connectivity index (χ0v) is 17.0. The molecule has 0 atom stereocenters. The average Bonchev–Trinajstić information content (AvgIpc) is 3.30. The lowest BCUT2D eigenvalue weighted by Gasteiger charge is -2.23. The third-order valence-corrected chi connectivity index (χ3v) is 5.13. The van der Waals surface area contributed by atoms with Gasteiger partial charge in [0.1, 0.15) is 5.69 Å². The maximum absolute atomic E-state index is 4.91. The van der Waals surface area contributed by atoms with E-state index in [1.54, 1.807) is 0 Å². The summed E-state index contributed by atoms with van der Waals surface area (Å²) in [4.78, 5) is 0. The SMILES string of the molecule is C(=Cc1ccc(N2N=C(c3ccccc3)[NH2+]N2c2ccccc2)cc1)c1ccccc1. The van der Waals surface area contributed by atoms with Gasteiger partial charge < -0.3 is 0 Å². The number of hydrogen-bond acceptors (Lipinski definition) is 3. The van der Waals surface area contributed by atoms with Crippen LogP contribution in [0.25, 0.3) is 12.2 Å². The minimum Gasteiger partial charge on any atom is -0.172 e. The Balaban J connectivity index is 1.44. The van der Waals surface area contributed by atoms with Crippen molar-refractivity contribution < 1.29 is 5.43 Å². The van der Waals surface area contributed by atoms with E-state index in [1.807, 2.05) is 59.7 Å². The highest BCUT2D eigenvalue weighted by Crippen LogP contribution is 2.23. The molecule has 0 aliphatic carbocycles. The van der Waals surface area contributed by atoms with Crippen LogP contribution in [-0.4, -0.2) is 5.84 Å². The number of nitrogens with zero attached hydrogens (tertiary/aromatic N) is 3. The molecule has 31 heavy (non-hydrogen) atoms. The third kappa shape index (κ3) is 4.25. The summed E-state index contributed by atoms with van der Waals surface area (Å²) < 4.78 is 0. The molecule has 0 amide bonds. The molecule has 4 nitrogen and oxygen atoms in total. The molecule has 0 unspecified atom stereocenters. The number of para-hydroxylation sites is 1. The van der Waals surface area contributed by atoms with Gasteiger partial charge in [0.05, 0.1) is 11.3 Å². The van der Waals surface area contributed by atoms with Crippen LogP contribution in [0.3, 0.4) is 0 Å². The van der Waals surface area contributed by atoms with Crippen molar-refractivity contribution in [3.05, 3.63) is 132 Å². The first-order valence-corrected chi connectivity index (χ1v) is 10.3. The van der Waals surface area contributed by atoms with E-state index >= 15 is 0 Å². The van der Waals surface area contributed by atoms with Gasteiger partial charge in [-0.2, -0.15) is 5.43 Å². The predicted molar refractivity (Wildman–Crippen MR) is 128 cm³/mol. The average molecular weight is 404 g/mol. The van der Waals surface area contributed by atoms with Crippen molar-refractivity contribution in [1.29, 1.82) is 0 Å². The third-order valence-electron chi connectivity index (χ3n) is 5.13. The molecule has 150 valence electrons. The standard InChI is InChI=1S/C27H22N4/c1-4-10-22(11-5-1)16-17-23-18-20-26(21-19-23)31-29-27(24-12-6-2-7-13-24)28-30(31)25-14-8-3-9-15-25/h1-21H,(H,28,29)/p+1. The molecule has 0 fully saturated rings. The Hall–Kier alpha value is -4.15. The van der Waals surface area contributed by atoms with Gasteiger partial charge in [0.25, 0.3) is 5.84 Å². The van der Waals surface area contributed by atoms with Crippen LogP contribution in [0, 0.1) is 0 Å². The molecule has 1 aliphatic heterocycles. The summed E-state index contributed by atoms with van der Waals surface area (Å²) in [5, 5.41) is 8.94. The largest absolute Gasteiger partial charge is 0.277 e. The summed E-state index contributed by atoms with van der Waals surface area (Å²) in [6.07, 6.45) is 4.25. The number of hydrazine groups is 1. The van der Waals surface area contributed by atoms with Crippen molar-refractivity contribution in [2.75, 3.05) is 10.2 Å². The zero-order valence-electron chi connectivity index (χ0n) is 17.0. The van der Waals surface area contributed by atoms with Crippen LogP contribution >= 0.6 is 0 Å². The molecule has 0 aromatic heterocycles. The maximum Gasteiger partial charge on any atom is 0.277 e. The van der Waals surface area contributed by atoms with Crippen LogP contribution in [0.15, 0.2) is 120 Å². The normalized spacial score (nSPS) is 13.6. The Morgan fingerprint density at radius 1 is 0.548 bits per heavy atom. The highest BCUT2D eigenvalue weighted by Gasteiger charge is 2.30. The quantitative estimate of drug-likeness (QED) is 0.378. The minimum atomic E-state index is 0.928. The highest BCUT2D eigenvalue weighted by molar-refractivity contribution is 5.93. The van der Waals surface area contributed by atoms with Crippen LogP contribution in [-0.2, 0) is 0 Å².